The molecule has 0 radical (unpaired) electrons. The van der Waals surface area contributed by atoms with Gasteiger partial charge in [-0.25, -0.2) is 15.3 Å². The summed E-state index contributed by atoms with van der Waals surface area (Å²) in [7, 11) is 1.64. The van der Waals surface area contributed by atoms with Gasteiger partial charge in [0.15, 0.2) is 0 Å². The van der Waals surface area contributed by atoms with Crippen LogP contribution in [-0.4, -0.2) is 57.7 Å². The third-order valence-electron chi connectivity index (χ3n) is 7.95. The van der Waals surface area contributed by atoms with Crippen LogP contribution in [0.15, 0.2) is 66.9 Å². The van der Waals surface area contributed by atoms with Crippen molar-refractivity contribution in [1.29, 1.82) is 0 Å². The van der Waals surface area contributed by atoms with Crippen LogP contribution >= 0.6 is 0 Å². The smallest absolute Gasteiger partial charge is 0.490 e. The van der Waals surface area contributed by atoms with E-state index in [9.17, 15) is 22.8 Å². The SMILES string of the molecule is CCONC(=O)CCCCC[C@H](NC(=O)Cc1c(C)[nH]c2ccc(OC)cc12)c1ncc(-c2ccc3ccccc3c2)[nH]1.O=C(O)C(F)(F)F. The van der Waals surface area contributed by atoms with Crippen molar-refractivity contribution in [2.24, 2.45) is 0 Å². The van der Waals surface area contributed by atoms with Crippen LogP contribution < -0.4 is 15.5 Å². The molecule has 5 N–H and O–H groups in total. The van der Waals surface area contributed by atoms with Gasteiger partial charge in [-0.2, -0.15) is 13.2 Å². The van der Waals surface area contributed by atoms with Gasteiger partial charge < -0.3 is 25.1 Å². The Morgan fingerprint density at radius 2 is 1.70 bits per heavy atom. The molecule has 0 saturated carbocycles. The van der Waals surface area contributed by atoms with E-state index in [0.29, 0.717) is 25.3 Å². The number of aliphatic carboxylic acids is 1. The number of nitrogens with zero attached hydrogens (tertiary/aromatic N) is 1. The van der Waals surface area contributed by atoms with Crippen LogP contribution in [0.2, 0.25) is 0 Å². The highest BCUT2D eigenvalue weighted by molar-refractivity contribution is 5.91. The average molecular weight is 696 g/mol. The number of halogens is 3. The number of benzene rings is 3. The Balaban J connectivity index is 0.000000727. The molecule has 50 heavy (non-hydrogen) atoms. The van der Waals surface area contributed by atoms with E-state index in [4.69, 9.17) is 24.5 Å². The summed E-state index contributed by atoms with van der Waals surface area (Å²) in [5.41, 5.74) is 7.24. The number of aromatic nitrogens is 3. The molecule has 0 unspecified atom stereocenters. The van der Waals surface area contributed by atoms with Crippen molar-refractivity contribution in [2.75, 3.05) is 13.7 Å². The zero-order valence-corrected chi connectivity index (χ0v) is 27.9. The molecule has 0 aliphatic carbocycles. The summed E-state index contributed by atoms with van der Waals surface area (Å²) in [5, 5.41) is 13.7. The van der Waals surface area contributed by atoms with Gasteiger partial charge in [0.05, 0.1) is 38.1 Å². The molecular weight excluding hydrogens is 655 g/mol. The van der Waals surface area contributed by atoms with Crippen LogP contribution in [0, 0.1) is 6.92 Å². The Morgan fingerprint density at radius 1 is 0.960 bits per heavy atom. The van der Waals surface area contributed by atoms with Crippen molar-refractivity contribution in [2.45, 2.75) is 64.6 Å². The van der Waals surface area contributed by atoms with Crippen LogP contribution in [0.4, 0.5) is 13.2 Å². The predicted molar refractivity (Wildman–Crippen MR) is 182 cm³/mol. The van der Waals surface area contributed by atoms with Crippen LogP contribution in [0.3, 0.4) is 0 Å². The van der Waals surface area contributed by atoms with Crippen molar-refractivity contribution in [3.8, 4) is 17.0 Å². The highest BCUT2D eigenvalue weighted by Gasteiger charge is 2.38. The molecule has 0 spiro atoms. The monoisotopic (exact) mass is 695 g/mol. The lowest BCUT2D eigenvalue weighted by Gasteiger charge is -2.17. The van der Waals surface area contributed by atoms with Crippen LogP contribution in [-0.2, 0) is 25.6 Å². The number of aryl methyl sites for hydroxylation is 1. The van der Waals surface area contributed by atoms with Gasteiger partial charge in [-0.3, -0.25) is 14.4 Å². The number of nitrogens with one attached hydrogen (secondary N) is 4. The van der Waals surface area contributed by atoms with Crippen molar-refractivity contribution in [1.82, 2.24) is 25.7 Å². The maximum absolute atomic E-state index is 13.5. The first-order valence-corrected chi connectivity index (χ1v) is 16.1. The van der Waals surface area contributed by atoms with E-state index in [2.05, 4.69) is 51.1 Å². The van der Waals surface area contributed by atoms with Gasteiger partial charge in [0.1, 0.15) is 11.6 Å². The van der Waals surface area contributed by atoms with E-state index < -0.39 is 12.1 Å². The molecule has 5 rings (SSSR count). The zero-order chi connectivity index (χ0) is 36.3. The number of imidazole rings is 1. The lowest BCUT2D eigenvalue weighted by molar-refractivity contribution is -0.192. The fourth-order valence-electron chi connectivity index (χ4n) is 5.43. The fraction of sp³-hybridized carbons (Fsp3) is 0.333. The number of alkyl halides is 3. The zero-order valence-electron chi connectivity index (χ0n) is 27.9. The third-order valence-corrected chi connectivity index (χ3v) is 7.95. The normalized spacial score (nSPS) is 11.9. The Hall–Kier alpha value is -5.37. The third kappa shape index (κ3) is 10.3. The number of carbonyl (C=O) groups is 3. The molecule has 5 aromatic rings. The quantitative estimate of drug-likeness (QED) is 0.0614. The van der Waals surface area contributed by atoms with E-state index in [1.807, 2.05) is 50.4 Å². The lowest BCUT2D eigenvalue weighted by atomic mass is 10.0. The first-order valence-electron chi connectivity index (χ1n) is 16.1. The summed E-state index contributed by atoms with van der Waals surface area (Å²) >= 11 is 0. The molecule has 0 aliphatic heterocycles. The number of hydroxylamine groups is 1. The minimum Gasteiger partial charge on any atom is -0.497 e. The van der Waals surface area contributed by atoms with Crippen molar-refractivity contribution in [3.63, 3.8) is 0 Å². The van der Waals surface area contributed by atoms with E-state index in [1.54, 1.807) is 7.11 Å². The molecule has 3 aromatic carbocycles. The van der Waals surface area contributed by atoms with Gasteiger partial charge >= 0.3 is 12.1 Å². The van der Waals surface area contributed by atoms with Crippen molar-refractivity contribution in [3.05, 3.63) is 83.9 Å². The predicted octanol–water partition coefficient (Wildman–Crippen LogP) is 7.08. The maximum atomic E-state index is 13.5. The number of aromatic amines is 2. The molecule has 1 atom stereocenters. The van der Waals surface area contributed by atoms with Gasteiger partial charge in [-0.1, -0.05) is 49.2 Å². The number of H-pyrrole nitrogens is 2. The van der Waals surface area contributed by atoms with Gasteiger partial charge in [-0.05, 0) is 67.3 Å². The second-order valence-electron chi connectivity index (χ2n) is 11.5. The van der Waals surface area contributed by atoms with E-state index in [0.717, 1.165) is 63.8 Å². The number of hydrogen-bond acceptors (Lipinski definition) is 6. The summed E-state index contributed by atoms with van der Waals surface area (Å²) < 4.78 is 37.2. The Kier molecular flexibility index (Phi) is 13.0. The number of unbranched alkanes of at least 4 members (excludes halogenated alkanes) is 2. The number of carbonyl (C=O) groups excluding carboxylic acids is 2. The average Bonchev–Trinajstić information content (AvgIpc) is 3.70. The number of ether oxygens (including phenoxy) is 1. The summed E-state index contributed by atoms with van der Waals surface area (Å²) in [4.78, 5) is 50.8. The van der Waals surface area contributed by atoms with Crippen LogP contribution in [0.1, 0.15) is 62.2 Å². The van der Waals surface area contributed by atoms with Crippen molar-refractivity contribution < 1.29 is 42.2 Å². The van der Waals surface area contributed by atoms with Crippen molar-refractivity contribution >= 4 is 39.5 Å². The molecule has 14 heteroatoms. The number of carboxylic acid groups (broad SMARTS) is 1. The van der Waals surface area contributed by atoms with Crippen LogP contribution in [0.25, 0.3) is 32.9 Å². The molecule has 0 bridgehead atoms. The summed E-state index contributed by atoms with van der Waals surface area (Å²) in [6.07, 6.45) is 0.444. The second kappa shape index (κ2) is 17.3. The molecule has 2 heterocycles. The lowest BCUT2D eigenvalue weighted by Crippen LogP contribution is -2.30. The number of methoxy groups -OCH3 is 1. The first kappa shape index (κ1) is 37.4. The fourth-order valence-corrected chi connectivity index (χ4v) is 5.43. The molecule has 2 aromatic heterocycles. The molecule has 2 amide bonds. The van der Waals surface area contributed by atoms with E-state index >= 15 is 0 Å². The largest absolute Gasteiger partial charge is 0.497 e. The second-order valence-corrected chi connectivity index (χ2v) is 11.5. The van der Waals surface area contributed by atoms with Gasteiger partial charge in [0.2, 0.25) is 11.8 Å². The number of carboxylic acids is 1. The van der Waals surface area contributed by atoms with E-state index in [-0.39, 0.29) is 24.3 Å². The highest BCUT2D eigenvalue weighted by atomic mass is 19.4. The molecular formula is C36H40F3N5O6. The summed E-state index contributed by atoms with van der Waals surface area (Å²) in [6.45, 7) is 4.24. The highest BCUT2D eigenvalue weighted by Crippen LogP contribution is 2.28. The van der Waals surface area contributed by atoms with Gasteiger partial charge in [-0.15, -0.1) is 0 Å². The molecule has 11 nitrogen and oxygen atoms in total. The molecule has 0 aliphatic rings. The van der Waals surface area contributed by atoms with Crippen LogP contribution in [0.5, 0.6) is 5.75 Å². The number of fused-ring (bicyclic) bond motifs is 2. The minimum absolute atomic E-state index is 0.0865. The Morgan fingerprint density at radius 3 is 2.40 bits per heavy atom. The summed E-state index contributed by atoms with van der Waals surface area (Å²) in [5.74, 6) is -1.51. The molecule has 0 fully saturated rings. The maximum Gasteiger partial charge on any atom is 0.490 e. The number of amides is 2. The number of hydrogen-bond donors (Lipinski definition) is 5. The standard InChI is InChI=1S/C34H39N5O4.C2HF3O2/c1-4-43-39-32(40)13-7-5-6-12-30(34-35-21-31(38-34)25-15-14-23-10-8-9-11-24(23)18-25)37-33(41)20-27-22(2)36-29-17-16-26(42-3)19-28(27)29;3-2(4,5)1(6)7/h8-11,14-19,21,30,36H,4-7,12-13,20H2,1-3H3,(H,35,38)(H,37,41)(H,39,40);(H,6,7)/t30-;/m0./s1. The minimum atomic E-state index is -5.08. The topological polar surface area (TPSA) is 158 Å². The Labute approximate surface area is 286 Å². The Bertz CT molecular complexity index is 1920. The summed E-state index contributed by atoms with van der Waals surface area (Å²) in [6, 6.07) is 20.1. The molecule has 266 valence electrons. The number of rotatable bonds is 14. The first-order chi connectivity index (χ1) is 23.9. The molecule has 0 saturated heterocycles. The van der Waals surface area contributed by atoms with Gasteiger partial charge in [0.25, 0.3) is 0 Å². The van der Waals surface area contributed by atoms with Gasteiger partial charge in [0, 0.05) is 28.6 Å². The van der Waals surface area contributed by atoms with E-state index in [1.165, 1.54) is 5.39 Å².